The Morgan fingerprint density at radius 3 is 2.82 bits per heavy atom. The molecule has 84 valence electrons. The number of imidazole rings is 1. The molecular weight excluding hydrogens is 220 g/mol. The molecule has 6 heteroatoms. The smallest absolute Gasteiger partial charge is 0.358 e. The highest BCUT2D eigenvalue weighted by Gasteiger charge is 2.15. The highest BCUT2D eigenvalue weighted by atomic mass is 16.6. The lowest BCUT2D eigenvalue weighted by atomic mass is 10.3. The molecule has 0 atom stereocenters. The number of aryl methyl sites for hydroxylation is 1. The van der Waals surface area contributed by atoms with E-state index < -0.39 is 4.92 Å². The third kappa shape index (κ3) is 1.34. The van der Waals surface area contributed by atoms with Gasteiger partial charge in [-0.05, 0) is 34.5 Å². The average Bonchev–Trinajstić information content (AvgIpc) is 2.68. The summed E-state index contributed by atoms with van der Waals surface area (Å²) in [5, 5.41) is 10.7. The third-order valence-electron chi connectivity index (χ3n) is 2.64. The van der Waals surface area contributed by atoms with Crippen LogP contribution in [0.1, 0.15) is 5.56 Å². The minimum absolute atomic E-state index is 0.166. The highest BCUT2D eigenvalue weighted by molar-refractivity contribution is 5.78. The standard InChI is InChI=1S/C11H8N4O2/c1-7-3-2-6-14-10(7)12-8-4-5-9(15(16)17)13-11(8)14/h2-6H,1H3. The SMILES string of the molecule is Cc1cccn2c1nc1ccc([N+](=O)[O-])nc12. The molecule has 0 aliphatic rings. The number of hydrogen-bond acceptors (Lipinski definition) is 4. The molecule has 0 saturated heterocycles. The van der Waals surface area contributed by atoms with Crippen LogP contribution in [0.3, 0.4) is 0 Å². The maximum atomic E-state index is 10.7. The number of nitrogens with zero attached hydrogens (tertiary/aromatic N) is 4. The van der Waals surface area contributed by atoms with Crippen molar-refractivity contribution in [3.05, 3.63) is 46.1 Å². The number of pyridine rings is 2. The van der Waals surface area contributed by atoms with Crippen molar-refractivity contribution in [3.63, 3.8) is 0 Å². The summed E-state index contributed by atoms with van der Waals surface area (Å²) < 4.78 is 1.76. The molecule has 0 aliphatic carbocycles. The van der Waals surface area contributed by atoms with Gasteiger partial charge in [0.1, 0.15) is 11.2 Å². The molecule has 3 aromatic heterocycles. The first-order valence-corrected chi connectivity index (χ1v) is 5.05. The molecule has 17 heavy (non-hydrogen) atoms. The quantitative estimate of drug-likeness (QED) is 0.472. The van der Waals surface area contributed by atoms with Gasteiger partial charge in [-0.3, -0.25) is 4.40 Å². The average molecular weight is 228 g/mol. The first kappa shape index (κ1) is 9.71. The molecule has 0 spiro atoms. The molecule has 0 fully saturated rings. The van der Waals surface area contributed by atoms with Gasteiger partial charge < -0.3 is 10.1 Å². The number of fused-ring (bicyclic) bond motifs is 3. The van der Waals surface area contributed by atoms with E-state index in [0.717, 1.165) is 11.2 Å². The Hall–Kier alpha value is -2.50. The lowest BCUT2D eigenvalue weighted by Gasteiger charge is -1.94. The molecule has 0 unspecified atom stereocenters. The van der Waals surface area contributed by atoms with E-state index in [-0.39, 0.29) is 5.82 Å². The summed E-state index contributed by atoms with van der Waals surface area (Å²) in [7, 11) is 0. The molecule has 0 amide bonds. The first-order chi connectivity index (χ1) is 8.16. The van der Waals surface area contributed by atoms with Crippen LogP contribution in [0.4, 0.5) is 5.82 Å². The van der Waals surface area contributed by atoms with Crippen LogP contribution in [0.5, 0.6) is 0 Å². The van der Waals surface area contributed by atoms with E-state index in [1.807, 2.05) is 19.1 Å². The van der Waals surface area contributed by atoms with Gasteiger partial charge in [-0.2, -0.15) is 0 Å². The lowest BCUT2D eigenvalue weighted by Crippen LogP contribution is -1.93. The normalized spacial score (nSPS) is 11.1. The van der Waals surface area contributed by atoms with Crippen molar-refractivity contribution in [3.8, 4) is 0 Å². The van der Waals surface area contributed by atoms with Gasteiger partial charge in [0.15, 0.2) is 0 Å². The van der Waals surface area contributed by atoms with Crippen LogP contribution in [0.25, 0.3) is 16.8 Å². The van der Waals surface area contributed by atoms with E-state index in [9.17, 15) is 10.1 Å². The zero-order chi connectivity index (χ0) is 12.0. The van der Waals surface area contributed by atoms with Crippen molar-refractivity contribution >= 4 is 22.6 Å². The summed E-state index contributed by atoms with van der Waals surface area (Å²) in [6.07, 6.45) is 1.80. The molecule has 0 saturated carbocycles. The second-order valence-corrected chi connectivity index (χ2v) is 3.77. The molecule has 3 aromatic rings. The van der Waals surface area contributed by atoms with Gasteiger partial charge in [0.2, 0.25) is 0 Å². The van der Waals surface area contributed by atoms with Crippen LogP contribution in [0.2, 0.25) is 0 Å². The largest absolute Gasteiger partial charge is 0.366 e. The number of hydrogen-bond donors (Lipinski definition) is 0. The van der Waals surface area contributed by atoms with Gasteiger partial charge in [-0.1, -0.05) is 6.07 Å². The van der Waals surface area contributed by atoms with Crippen LogP contribution in [0.15, 0.2) is 30.5 Å². The molecular formula is C11H8N4O2. The minimum atomic E-state index is -0.505. The molecule has 3 heterocycles. The summed E-state index contributed by atoms with van der Waals surface area (Å²) in [4.78, 5) is 18.6. The minimum Gasteiger partial charge on any atom is -0.358 e. The van der Waals surface area contributed by atoms with Crippen molar-refractivity contribution in [1.82, 2.24) is 14.4 Å². The zero-order valence-electron chi connectivity index (χ0n) is 8.99. The summed E-state index contributed by atoms with van der Waals surface area (Å²) in [5.41, 5.74) is 2.95. The molecule has 0 radical (unpaired) electrons. The summed E-state index contributed by atoms with van der Waals surface area (Å²) in [5.74, 6) is -0.166. The van der Waals surface area contributed by atoms with Gasteiger partial charge >= 0.3 is 5.82 Å². The monoisotopic (exact) mass is 228 g/mol. The van der Waals surface area contributed by atoms with Gasteiger partial charge in [0.25, 0.3) is 5.65 Å². The molecule has 0 N–H and O–H groups in total. The third-order valence-corrected chi connectivity index (χ3v) is 2.64. The second kappa shape index (κ2) is 3.24. The van der Waals surface area contributed by atoms with Crippen molar-refractivity contribution in [2.24, 2.45) is 0 Å². The predicted octanol–water partition coefficient (Wildman–Crippen LogP) is 2.10. The number of rotatable bonds is 1. The van der Waals surface area contributed by atoms with E-state index in [1.165, 1.54) is 6.07 Å². The molecule has 3 rings (SSSR count). The number of nitro groups is 1. The summed E-state index contributed by atoms with van der Waals surface area (Å²) >= 11 is 0. The Kier molecular flexibility index (Phi) is 1.85. The Morgan fingerprint density at radius 2 is 2.06 bits per heavy atom. The van der Waals surface area contributed by atoms with Gasteiger partial charge in [0, 0.05) is 12.3 Å². The van der Waals surface area contributed by atoms with E-state index in [0.29, 0.717) is 11.2 Å². The van der Waals surface area contributed by atoms with E-state index in [4.69, 9.17) is 0 Å². The highest BCUT2D eigenvalue weighted by Crippen LogP contribution is 2.19. The first-order valence-electron chi connectivity index (χ1n) is 5.05. The Labute approximate surface area is 95.7 Å². The van der Waals surface area contributed by atoms with E-state index >= 15 is 0 Å². The fourth-order valence-corrected chi connectivity index (χ4v) is 1.83. The summed E-state index contributed by atoms with van der Waals surface area (Å²) in [6.45, 7) is 1.94. The Morgan fingerprint density at radius 1 is 1.24 bits per heavy atom. The topological polar surface area (TPSA) is 73.3 Å². The Bertz CT molecular complexity index is 748. The van der Waals surface area contributed by atoms with Crippen LogP contribution in [0, 0.1) is 17.0 Å². The molecule has 6 nitrogen and oxygen atoms in total. The van der Waals surface area contributed by atoms with E-state index in [1.54, 1.807) is 16.7 Å². The fourth-order valence-electron chi connectivity index (χ4n) is 1.83. The Balaban J connectivity index is 2.46. The predicted molar refractivity (Wildman–Crippen MR) is 61.9 cm³/mol. The van der Waals surface area contributed by atoms with E-state index in [2.05, 4.69) is 9.97 Å². The number of aromatic nitrogens is 3. The maximum absolute atomic E-state index is 10.7. The van der Waals surface area contributed by atoms with Crippen molar-refractivity contribution < 1.29 is 4.92 Å². The van der Waals surface area contributed by atoms with Crippen LogP contribution < -0.4 is 0 Å². The van der Waals surface area contributed by atoms with Crippen LogP contribution >= 0.6 is 0 Å². The second-order valence-electron chi connectivity index (χ2n) is 3.77. The molecule has 0 aromatic carbocycles. The molecule has 0 aliphatic heterocycles. The summed E-state index contributed by atoms with van der Waals surface area (Å²) in [6, 6.07) is 6.79. The van der Waals surface area contributed by atoms with Crippen LogP contribution in [-0.2, 0) is 0 Å². The van der Waals surface area contributed by atoms with Gasteiger partial charge in [-0.25, -0.2) is 4.98 Å². The fraction of sp³-hybridized carbons (Fsp3) is 0.0909. The maximum Gasteiger partial charge on any atom is 0.366 e. The van der Waals surface area contributed by atoms with Crippen molar-refractivity contribution in [2.75, 3.05) is 0 Å². The lowest BCUT2D eigenvalue weighted by molar-refractivity contribution is -0.389. The van der Waals surface area contributed by atoms with Gasteiger partial charge in [0.05, 0.1) is 0 Å². The van der Waals surface area contributed by atoms with Crippen molar-refractivity contribution in [2.45, 2.75) is 6.92 Å². The molecule has 0 bridgehead atoms. The van der Waals surface area contributed by atoms with Crippen molar-refractivity contribution in [1.29, 1.82) is 0 Å². The zero-order valence-corrected chi connectivity index (χ0v) is 8.99. The van der Waals surface area contributed by atoms with Gasteiger partial charge in [-0.15, -0.1) is 0 Å². The van der Waals surface area contributed by atoms with Crippen LogP contribution in [-0.4, -0.2) is 19.3 Å².